The van der Waals surface area contributed by atoms with Gasteiger partial charge in [0, 0.05) is 11.9 Å². The van der Waals surface area contributed by atoms with Crippen molar-refractivity contribution in [2.75, 3.05) is 4.72 Å². The van der Waals surface area contributed by atoms with Gasteiger partial charge in [-0.1, -0.05) is 23.8 Å². The number of aromatic nitrogens is 3. The topological polar surface area (TPSA) is 76.4 Å². The van der Waals surface area contributed by atoms with Crippen molar-refractivity contribution < 1.29 is 8.42 Å². The predicted molar refractivity (Wildman–Crippen MR) is 75.0 cm³/mol. The zero-order valence-corrected chi connectivity index (χ0v) is 11.5. The van der Waals surface area contributed by atoms with E-state index in [1.807, 2.05) is 19.1 Å². The van der Waals surface area contributed by atoms with Gasteiger partial charge in [0.15, 0.2) is 5.65 Å². The molecule has 6 nitrogen and oxygen atoms in total. The first-order chi connectivity index (χ1) is 9.56. The molecule has 3 aromatic rings. The van der Waals surface area contributed by atoms with Gasteiger partial charge in [-0.2, -0.15) is 8.42 Å². The summed E-state index contributed by atoms with van der Waals surface area (Å²) in [5, 5.41) is 7.45. The second-order valence-electron chi connectivity index (χ2n) is 4.38. The maximum absolute atomic E-state index is 12.3. The van der Waals surface area contributed by atoms with Crippen molar-refractivity contribution in [2.24, 2.45) is 0 Å². The maximum Gasteiger partial charge on any atom is 0.298 e. The summed E-state index contributed by atoms with van der Waals surface area (Å²) < 4.78 is 28.6. The number of rotatable bonds is 3. The molecular weight excluding hydrogens is 276 g/mol. The van der Waals surface area contributed by atoms with E-state index in [2.05, 4.69) is 14.9 Å². The highest BCUT2D eigenvalue weighted by molar-refractivity contribution is 7.92. The molecule has 1 aromatic carbocycles. The summed E-state index contributed by atoms with van der Waals surface area (Å²) in [7, 11) is -3.77. The Bertz CT molecular complexity index is 853. The van der Waals surface area contributed by atoms with E-state index in [0.29, 0.717) is 11.3 Å². The molecule has 0 radical (unpaired) electrons. The first-order valence-electron chi connectivity index (χ1n) is 5.95. The van der Waals surface area contributed by atoms with Gasteiger partial charge in [0.25, 0.3) is 15.2 Å². The number of sulfonamides is 1. The Morgan fingerprint density at radius 3 is 2.55 bits per heavy atom. The van der Waals surface area contributed by atoms with Crippen molar-refractivity contribution >= 4 is 21.4 Å². The van der Waals surface area contributed by atoms with Gasteiger partial charge in [-0.15, -0.1) is 10.2 Å². The lowest BCUT2D eigenvalue weighted by Crippen LogP contribution is -2.16. The molecule has 0 bridgehead atoms. The van der Waals surface area contributed by atoms with Gasteiger partial charge in [-0.25, -0.2) is 0 Å². The number of nitrogens with zero attached hydrogens (tertiary/aromatic N) is 3. The molecule has 0 aliphatic rings. The van der Waals surface area contributed by atoms with Gasteiger partial charge in [0.05, 0.1) is 0 Å². The highest BCUT2D eigenvalue weighted by atomic mass is 32.2. The molecule has 0 amide bonds. The molecule has 2 heterocycles. The Hall–Kier alpha value is -2.41. The van der Waals surface area contributed by atoms with E-state index in [1.54, 1.807) is 36.5 Å². The first-order valence-corrected chi connectivity index (χ1v) is 7.44. The molecule has 0 saturated heterocycles. The molecule has 0 saturated carbocycles. The van der Waals surface area contributed by atoms with Gasteiger partial charge < -0.3 is 0 Å². The largest absolute Gasteiger partial charge is 0.298 e. The fourth-order valence-corrected chi connectivity index (χ4v) is 2.92. The Morgan fingerprint density at radius 2 is 1.80 bits per heavy atom. The molecule has 0 fully saturated rings. The van der Waals surface area contributed by atoms with E-state index in [-0.39, 0.29) is 5.16 Å². The zero-order chi connectivity index (χ0) is 14.2. The highest BCUT2D eigenvalue weighted by Gasteiger charge is 2.21. The molecular formula is C13H12N4O2S. The van der Waals surface area contributed by atoms with E-state index < -0.39 is 10.0 Å². The van der Waals surface area contributed by atoms with Crippen molar-refractivity contribution in [1.29, 1.82) is 0 Å². The Kier molecular flexibility index (Phi) is 2.90. The van der Waals surface area contributed by atoms with Gasteiger partial charge in [-0.05, 0) is 31.2 Å². The fourth-order valence-electron chi connectivity index (χ4n) is 1.83. The average Bonchev–Trinajstić information content (AvgIpc) is 2.86. The van der Waals surface area contributed by atoms with Crippen LogP contribution in [0.15, 0.2) is 53.8 Å². The summed E-state index contributed by atoms with van der Waals surface area (Å²) in [6, 6.07) is 12.3. The molecule has 102 valence electrons. The number of pyridine rings is 1. The van der Waals surface area contributed by atoms with Crippen LogP contribution in [0.25, 0.3) is 5.65 Å². The minimum Gasteiger partial charge on any atom is -0.277 e. The molecule has 2 aromatic heterocycles. The minimum atomic E-state index is -3.77. The second kappa shape index (κ2) is 4.61. The number of anilines is 1. The monoisotopic (exact) mass is 288 g/mol. The number of nitrogens with one attached hydrogen (secondary N) is 1. The van der Waals surface area contributed by atoms with Crippen LogP contribution in [0.2, 0.25) is 0 Å². The first kappa shape index (κ1) is 12.6. The SMILES string of the molecule is Cc1ccc(NS(=O)(=O)c2nnc3ccccn23)cc1. The van der Waals surface area contributed by atoms with E-state index in [4.69, 9.17) is 0 Å². The van der Waals surface area contributed by atoms with Crippen LogP contribution in [-0.2, 0) is 10.0 Å². The minimum absolute atomic E-state index is 0.131. The van der Waals surface area contributed by atoms with Crippen molar-refractivity contribution in [3.8, 4) is 0 Å². The third kappa shape index (κ3) is 2.23. The summed E-state index contributed by atoms with van der Waals surface area (Å²) in [4.78, 5) is 0. The summed E-state index contributed by atoms with van der Waals surface area (Å²) >= 11 is 0. The smallest absolute Gasteiger partial charge is 0.277 e. The normalized spacial score (nSPS) is 11.7. The molecule has 7 heteroatoms. The molecule has 1 N–H and O–H groups in total. The number of benzene rings is 1. The number of hydrogen-bond acceptors (Lipinski definition) is 4. The third-order valence-corrected chi connectivity index (χ3v) is 4.09. The van der Waals surface area contributed by atoms with E-state index >= 15 is 0 Å². The lowest BCUT2D eigenvalue weighted by atomic mass is 10.2. The Labute approximate surface area is 116 Å². The third-order valence-electron chi connectivity index (χ3n) is 2.83. The summed E-state index contributed by atoms with van der Waals surface area (Å²) in [5.41, 5.74) is 2.03. The number of aryl methyl sites for hydroxylation is 1. The van der Waals surface area contributed by atoms with Gasteiger partial charge >= 0.3 is 0 Å². The van der Waals surface area contributed by atoms with E-state index in [9.17, 15) is 8.42 Å². The molecule has 3 rings (SSSR count). The van der Waals surface area contributed by atoms with Crippen LogP contribution < -0.4 is 4.72 Å². The van der Waals surface area contributed by atoms with Gasteiger partial charge in [0.2, 0.25) is 0 Å². The number of fused-ring (bicyclic) bond motifs is 1. The predicted octanol–water partition coefficient (Wildman–Crippen LogP) is 1.84. The molecule has 0 unspecified atom stereocenters. The van der Waals surface area contributed by atoms with Crippen LogP contribution >= 0.6 is 0 Å². The fraction of sp³-hybridized carbons (Fsp3) is 0.0769. The van der Waals surface area contributed by atoms with Crippen LogP contribution in [0.1, 0.15) is 5.56 Å². The van der Waals surface area contributed by atoms with E-state index in [0.717, 1.165) is 5.56 Å². The zero-order valence-electron chi connectivity index (χ0n) is 10.7. The van der Waals surface area contributed by atoms with Crippen LogP contribution in [0.3, 0.4) is 0 Å². The van der Waals surface area contributed by atoms with Crippen molar-refractivity contribution in [3.63, 3.8) is 0 Å². The standard InChI is InChI=1S/C13H12N4O2S/c1-10-5-7-11(8-6-10)16-20(18,19)13-15-14-12-4-2-3-9-17(12)13/h2-9,16H,1H3. The molecule has 0 spiro atoms. The molecule has 0 atom stereocenters. The number of hydrogen-bond donors (Lipinski definition) is 1. The van der Waals surface area contributed by atoms with Crippen LogP contribution in [0.4, 0.5) is 5.69 Å². The van der Waals surface area contributed by atoms with Crippen LogP contribution in [-0.4, -0.2) is 23.0 Å². The van der Waals surface area contributed by atoms with Crippen LogP contribution in [0, 0.1) is 6.92 Å². The van der Waals surface area contributed by atoms with Gasteiger partial charge in [0.1, 0.15) is 0 Å². The Morgan fingerprint density at radius 1 is 1.05 bits per heavy atom. The van der Waals surface area contributed by atoms with Crippen LogP contribution in [0.5, 0.6) is 0 Å². The lowest BCUT2D eigenvalue weighted by Gasteiger charge is -2.06. The highest BCUT2D eigenvalue weighted by Crippen LogP contribution is 2.15. The van der Waals surface area contributed by atoms with Crippen molar-refractivity contribution in [2.45, 2.75) is 12.1 Å². The molecule has 20 heavy (non-hydrogen) atoms. The molecule has 0 aliphatic heterocycles. The Balaban J connectivity index is 2.01. The maximum atomic E-state index is 12.3. The second-order valence-corrected chi connectivity index (χ2v) is 5.96. The summed E-state index contributed by atoms with van der Waals surface area (Å²) in [5.74, 6) is 0. The van der Waals surface area contributed by atoms with Crippen molar-refractivity contribution in [1.82, 2.24) is 14.6 Å². The lowest BCUT2D eigenvalue weighted by molar-refractivity contribution is 0.590. The average molecular weight is 288 g/mol. The molecule has 0 aliphatic carbocycles. The summed E-state index contributed by atoms with van der Waals surface area (Å²) in [6.07, 6.45) is 1.61. The summed E-state index contributed by atoms with van der Waals surface area (Å²) in [6.45, 7) is 1.93. The van der Waals surface area contributed by atoms with E-state index in [1.165, 1.54) is 4.40 Å². The van der Waals surface area contributed by atoms with Crippen molar-refractivity contribution in [3.05, 3.63) is 54.2 Å². The quantitative estimate of drug-likeness (QED) is 0.798. The van der Waals surface area contributed by atoms with Gasteiger partial charge in [-0.3, -0.25) is 9.12 Å².